The summed E-state index contributed by atoms with van der Waals surface area (Å²) in [6.07, 6.45) is 3.14. The molecule has 132 valence electrons. The van der Waals surface area contributed by atoms with Crippen LogP contribution in [0, 0.1) is 11.3 Å². The lowest BCUT2D eigenvalue weighted by Crippen LogP contribution is -2.47. The van der Waals surface area contributed by atoms with Gasteiger partial charge < -0.3 is 4.90 Å². The highest BCUT2D eigenvalue weighted by atomic mass is 16.2. The van der Waals surface area contributed by atoms with Gasteiger partial charge in [-0.25, -0.2) is 9.67 Å². The summed E-state index contributed by atoms with van der Waals surface area (Å²) in [5.74, 6) is -0.0832. The summed E-state index contributed by atoms with van der Waals surface area (Å²) >= 11 is 0. The Morgan fingerprint density at radius 2 is 1.96 bits per heavy atom. The van der Waals surface area contributed by atoms with Crippen LogP contribution in [0.5, 0.6) is 0 Å². The lowest BCUT2D eigenvalue weighted by molar-refractivity contribution is -0.134. The smallest absolute Gasteiger partial charge is 0.237 e. The predicted octanol–water partition coefficient (Wildman–Crippen LogP) is 2.02. The molecule has 1 aromatic carbocycles. The molecular weight excluding hydrogens is 316 g/mol. The summed E-state index contributed by atoms with van der Waals surface area (Å²) < 4.78 is 1.70. The summed E-state index contributed by atoms with van der Waals surface area (Å²) in [4.78, 5) is 19.8. The fraction of sp³-hybridized carbons (Fsp3) is 0.444. The number of hydrogen-bond donors (Lipinski definition) is 0. The Bertz CT molecular complexity index is 745. The number of rotatable bonds is 6. The van der Waals surface area contributed by atoms with Crippen molar-refractivity contribution in [1.29, 1.82) is 5.26 Å². The Morgan fingerprint density at radius 3 is 2.48 bits per heavy atom. The molecule has 2 aromatic rings. The first-order valence-electron chi connectivity index (χ1n) is 8.09. The maximum absolute atomic E-state index is 12.4. The number of carbonyl (C=O) groups is 1. The molecule has 0 aliphatic heterocycles. The van der Waals surface area contributed by atoms with E-state index in [4.69, 9.17) is 5.26 Å². The van der Waals surface area contributed by atoms with Crippen molar-refractivity contribution in [2.24, 2.45) is 0 Å². The second-order valence-corrected chi connectivity index (χ2v) is 6.65. The normalized spacial score (nSPS) is 12.7. The quantitative estimate of drug-likeness (QED) is 0.804. The van der Waals surface area contributed by atoms with Gasteiger partial charge >= 0.3 is 0 Å². The number of nitriles is 1. The van der Waals surface area contributed by atoms with E-state index in [-0.39, 0.29) is 18.5 Å². The van der Waals surface area contributed by atoms with Crippen LogP contribution in [0.3, 0.4) is 0 Å². The molecule has 0 N–H and O–H groups in total. The molecule has 0 radical (unpaired) electrons. The molecule has 7 heteroatoms. The first-order valence-corrected chi connectivity index (χ1v) is 8.09. The van der Waals surface area contributed by atoms with Gasteiger partial charge in [0.25, 0.3) is 0 Å². The highest BCUT2D eigenvalue weighted by molar-refractivity contribution is 5.79. The molecule has 0 spiro atoms. The van der Waals surface area contributed by atoms with Crippen LogP contribution in [0.25, 0.3) is 5.69 Å². The highest BCUT2D eigenvalue weighted by Gasteiger charge is 2.28. The first-order chi connectivity index (χ1) is 11.8. The van der Waals surface area contributed by atoms with Crippen LogP contribution in [-0.4, -0.2) is 56.7 Å². The molecule has 1 aromatic heterocycles. The van der Waals surface area contributed by atoms with Crippen LogP contribution in [0.1, 0.15) is 32.4 Å². The van der Waals surface area contributed by atoms with Gasteiger partial charge in [-0.3, -0.25) is 9.69 Å². The summed E-state index contributed by atoms with van der Waals surface area (Å²) in [6.45, 7) is 5.76. The highest BCUT2D eigenvalue weighted by Crippen LogP contribution is 2.21. The van der Waals surface area contributed by atoms with E-state index in [1.165, 1.54) is 11.2 Å². The number of carbonyl (C=O) groups excluding carboxylic acids is 1. The van der Waals surface area contributed by atoms with E-state index < -0.39 is 5.54 Å². The minimum absolute atomic E-state index is 0.0624. The Hall–Kier alpha value is -2.72. The zero-order valence-corrected chi connectivity index (χ0v) is 15.3. The van der Waals surface area contributed by atoms with Crippen molar-refractivity contribution < 1.29 is 4.79 Å². The number of aromatic nitrogens is 3. The molecule has 0 aliphatic carbocycles. The van der Waals surface area contributed by atoms with E-state index in [2.05, 4.69) is 16.2 Å². The van der Waals surface area contributed by atoms with Gasteiger partial charge in [0.05, 0.1) is 18.3 Å². The van der Waals surface area contributed by atoms with E-state index in [9.17, 15) is 4.79 Å². The van der Waals surface area contributed by atoms with Gasteiger partial charge in [0.1, 0.15) is 18.2 Å². The maximum atomic E-state index is 12.4. The van der Waals surface area contributed by atoms with Crippen LogP contribution >= 0.6 is 0 Å². The molecule has 2 rings (SSSR count). The fourth-order valence-corrected chi connectivity index (χ4v) is 2.34. The van der Waals surface area contributed by atoms with Crippen LogP contribution in [0.2, 0.25) is 0 Å². The third-order valence-electron chi connectivity index (χ3n) is 4.59. The fourth-order valence-electron chi connectivity index (χ4n) is 2.34. The molecule has 0 fully saturated rings. The summed E-state index contributed by atoms with van der Waals surface area (Å²) in [5, 5.41) is 13.3. The molecule has 1 unspecified atom stereocenters. The summed E-state index contributed by atoms with van der Waals surface area (Å²) in [7, 11) is 3.57. The van der Waals surface area contributed by atoms with Gasteiger partial charge in [-0.2, -0.15) is 10.4 Å². The van der Waals surface area contributed by atoms with E-state index in [0.29, 0.717) is 0 Å². The van der Waals surface area contributed by atoms with Gasteiger partial charge in [0.2, 0.25) is 5.91 Å². The van der Waals surface area contributed by atoms with Gasteiger partial charge in [0, 0.05) is 13.1 Å². The maximum Gasteiger partial charge on any atom is 0.237 e. The molecule has 0 saturated carbocycles. The number of likely N-dealkylation sites (N-methyl/N-ethyl adjacent to an activating group) is 2. The van der Waals surface area contributed by atoms with Crippen molar-refractivity contribution in [3.63, 3.8) is 0 Å². The van der Waals surface area contributed by atoms with Crippen LogP contribution in [0.4, 0.5) is 0 Å². The Kier molecular flexibility index (Phi) is 5.55. The van der Waals surface area contributed by atoms with Crippen LogP contribution < -0.4 is 0 Å². The van der Waals surface area contributed by atoms with Crippen molar-refractivity contribution in [1.82, 2.24) is 24.6 Å². The Balaban J connectivity index is 2.03. The van der Waals surface area contributed by atoms with Crippen LogP contribution in [0.15, 0.2) is 36.9 Å². The lowest BCUT2D eigenvalue weighted by Gasteiger charge is -2.32. The minimum atomic E-state index is -0.819. The monoisotopic (exact) mass is 340 g/mol. The lowest BCUT2D eigenvalue weighted by atomic mass is 10.1. The summed E-state index contributed by atoms with van der Waals surface area (Å²) in [5.41, 5.74) is 1.21. The SMILES string of the molecule is CC(c1ccc(-n2cncn2)cc1)N(C)CC(=O)N(C)C(C)(C)C#N. The van der Waals surface area contributed by atoms with Crippen molar-refractivity contribution in [2.45, 2.75) is 32.4 Å². The van der Waals surface area contributed by atoms with Gasteiger partial charge in [-0.05, 0) is 45.5 Å². The molecule has 1 atom stereocenters. The van der Waals surface area contributed by atoms with Gasteiger partial charge in [-0.1, -0.05) is 12.1 Å². The van der Waals surface area contributed by atoms with E-state index in [0.717, 1.165) is 11.3 Å². The number of nitrogens with zero attached hydrogens (tertiary/aromatic N) is 6. The van der Waals surface area contributed by atoms with E-state index in [1.54, 1.807) is 31.9 Å². The second kappa shape index (κ2) is 7.45. The number of hydrogen-bond acceptors (Lipinski definition) is 5. The third kappa shape index (κ3) is 4.22. The third-order valence-corrected chi connectivity index (χ3v) is 4.59. The average molecular weight is 340 g/mol. The van der Waals surface area contributed by atoms with Crippen LogP contribution in [-0.2, 0) is 4.79 Å². The molecule has 1 heterocycles. The number of benzene rings is 1. The van der Waals surface area contributed by atoms with Crippen molar-refractivity contribution in [3.8, 4) is 11.8 Å². The zero-order chi connectivity index (χ0) is 18.6. The molecule has 0 bridgehead atoms. The summed E-state index contributed by atoms with van der Waals surface area (Å²) in [6, 6.07) is 10.2. The Morgan fingerprint density at radius 1 is 1.32 bits per heavy atom. The predicted molar refractivity (Wildman–Crippen MR) is 94.9 cm³/mol. The molecule has 0 aliphatic rings. The zero-order valence-electron chi connectivity index (χ0n) is 15.3. The van der Waals surface area contributed by atoms with E-state index >= 15 is 0 Å². The van der Waals surface area contributed by atoms with Crippen molar-refractivity contribution in [2.75, 3.05) is 20.6 Å². The first kappa shape index (κ1) is 18.6. The van der Waals surface area contributed by atoms with Gasteiger partial charge in [-0.15, -0.1) is 0 Å². The minimum Gasteiger partial charge on any atom is -0.326 e. The van der Waals surface area contributed by atoms with Crippen molar-refractivity contribution >= 4 is 5.91 Å². The molecule has 25 heavy (non-hydrogen) atoms. The number of amides is 1. The van der Waals surface area contributed by atoms with E-state index in [1.807, 2.05) is 43.1 Å². The van der Waals surface area contributed by atoms with Gasteiger partial charge in [0.15, 0.2) is 0 Å². The molecule has 1 amide bonds. The topological polar surface area (TPSA) is 78.1 Å². The average Bonchev–Trinajstić information content (AvgIpc) is 3.15. The Labute approximate surface area is 148 Å². The molecule has 7 nitrogen and oxygen atoms in total. The standard InChI is InChI=1S/C18H24N6O/c1-14(22(4)10-17(25)23(5)18(2,3)11-19)15-6-8-16(9-7-15)24-13-20-12-21-24/h6-9,12-14H,10H2,1-5H3. The second-order valence-electron chi connectivity index (χ2n) is 6.65. The molecular formula is C18H24N6O. The van der Waals surface area contributed by atoms with Crippen molar-refractivity contribution in [3.05, 3.63) is 42.5 Å². The molecule has 0 saturated heterocycles. The largest absolute Gasteiger partial charge is 0.326 e.